The minimum absolute atomic E-state index is 0.383. The molecule has 5 nitrogen and oxygen atoms in total. The van der Waals surface area contributed by atoms with Gasteiger partial charge in [0.15, 0.2) is 0 Å². The van der Waals surface area contributed by atoms with Gasteiger partial charge in [0.05, 0.1) is 46.0 Å². The number of rotatable bonds is 8. The lowest BCUT2D eigenvalue weighted by atomic mass is 10.2. The molecule has 0 aliphatic carbocycles. The van der Waals surface area contributed by atoms with Crippen molar-refractivity contribution in [1.82, 2.24) is 4.98 Å². The summed E-state index contributed by atoms with van der Waals surface area (Å²) in [5.74, 6) is 0.617. The maximum absolute atomic E-state index is 8.87. The molecule has 0 spiro atoms. The second-order valence-corrected chi connectivity index (χ2v) is 6.39. The highest BCUT2D eigenvalue weighted by atomic mass is 35.5. The maximum Gasteiger partial charge on any atom is 0.124 e. The lowest BCUT2D eigenvalue weighted by Gasteiger charge is -2.07. The Hall–Kier alpha value is -1.65. The first-order valence-corrected chi connectivity index (χ1v) is 8.17. The van der Waals surface area contributed by atoms with Crippen LogP contribution in [0, 0.1) is 18.3 Å². The monoisotopic (exact) mass is 352 g/mol. The number of nitriles is 1. The Morgan fingerprint density at radius 2 is 2.13 bits per heavy atom. The van der Waals surface area contributed by atoms with Crippen molar-refractivity contribution in [2.75, 3.05) is 20.3 Å². The predicted molar refractivity (Wildman–Crippen MR) is 88.9 cm³/mol. The second-order valence-electron chi connectivity index (χ2n) is 4.69. The molecule has 0 radical (unpaired) electrons. The van der Waals surface area contributed by atoms with Crippen molar-refractivity contribution < 1.29 is 14.2 Å². The molecule has 7 heteroatoms. The van der Waals surface area contributed by atoms with E-state index in [0.29, 0.717) is 42.8 Å². The minimum atomic E-state index is 0.383. The van der Waals surface area contributed by atoms with Gasteiger partial charge in [-0.15, -0.1) is 11.3 Å². The van der Waals surface area contributed by atoms with Gasteiger partial charge in [-0.3, -0.25) is 0 Å². The Bertz CT molecular complexity index is 697. The van der Waals surface area contributed by atoms with Gasteiger partial charge >= 0.3 is 0 Å². The van der Waals surface area contributed by atoms with Crippen LogP contribution in [0.4, 0.5) is 0 Å². The van der Waals surface area contributed by atoms with Crippen LogP contribution in [-0.2, 0) is 22.7 Å². The summed E-state index contributed by atoms with van der Waals surface area (Å²) in [5, 5.41) is 10.2. The minimum Gasteiger partial charge on any atom is -0.488 e. The number of aryl methyl sites for hydroxylation is 1. The number of ether oxygens (including phenoxy) is 3. The average molecular weight is 353 g/mol. The largest absolute Gasteiger partial charge is 0.488 e. The van der Waals surface area contributed by atoms with Gasteiger partial charge in [0.25, 0.3) is 0 Å². The molecule has 2 rings (SSSR count). The van der Waals surface area contributed by atoms with Crippen LogP contribution in [0.25, 0.3) is 0 Å². The molecule has 2 aromatic rings. The number of aromatic nitrogens is 1. The number of benzene rings is 1. The molecule has 0 saturated heterocycles. The number of thiazole rings is 1. The number of halogens is 1. The van der Waals surface area contributed by atoms with Crippen molar-refractivity contribution in [2.24, 2.45) is 0 Å². The van der Waals surface area contributed by atoms with Gasteiger partial charge in [-0.05, 0) is 19.1 Å². The second kappa shape index (κ2) is 8.85. The van der Waals surface area contributed by atoms with Gasteiger partial charge in [0.2, 0.25) is 0 Å². The number of hydrogen-bond acceptors (Lipinski definition) is 6. The quantitative estimate of drug-likeness (QED) is 0.677. The maximum atomic E-state index is 8.87. The van der Waals surface area contributed by atoms with E-state index in [4.69, 9.17) is 31.1 Å². The molecule has 23 heavy (non-hydrogen) atoms. The van der Waals surface area contributed by atoms with Gasteiger partial charge in [-0.2, -0.15) is 5.26 Å². The first-order chi connectivity index (χ1) is 11.1. The van der Waals surface area contributed by atoms with Crippen molar-refractivity contribution in [2.45, 2.75) is 20.1 Å². The first-order valence-electron chi connectivity index (χ1n) is 6.98. The van der Waals surface area contributed by atoms with Crippen LogP contribution < -0.4 is 4.74 Å². The van der Waals surface area contributed by atoms with Crippen molar-refractivity contribution >= 4 is 22.9 Å². The zero-order chi connectivity index (χ0) is 16.7. The van der Waals surface area contributed by atoms with Crippen LogP contribution in [0.1, 0.15) is 21.1 Å². The molecule has 0 fully saturated rings. The number of methoxy groups -OCH3 is 1. The smallest absolute Gasteiger partial charge is 0.124 e. The highest BCUT2D eigenvalue weighted by Gasteiger charge is 2.11. The fourth-order valence-corrected chi connectivity index (χ4v) is 2.94. The number of hydrogen-bond donors (Lipinski definition) is 0. The molecule has 0 N–H and O–H groups in total. The molecule has 0 amide bonds. The van der Waals surface area contributed by atoms with Crippen LogP contribution in [0.15, 0.2) is 18.2 Å². The van der Waals surface area contributed by atoms with Gasteiger partial charge < -0.3 is 14.2 Å². The number of nitrogens with zero attached hydrogens (tertiary/aromatic N) is 2. The molecule has 0 aliphatic rings. The Kier molecular flexibility index (Phi) is 6.81. The zero-order valence-corrected chi connectivity index (χ0v) is 14.5. The van der Waals surface area contributed by atoms with E-state index in [1.54, 1.807) is 36.6 Å². The zero-order valence-electron chi connectivity index (χ0n) is 13.0. The Balaban J connectivity index is 1.97. The Labute approximate surface area is 144 Å². The van der Waals surface area contributed by atoms with Crippen LogP contribution in [0.5, 0.6) is 5.75 Å². The molecule has 1 aromatic carbocycles. The van der Waals surface area contributed by atoms with E-state index in [0.717, 1.165) is 15.6 Å². The first kappa shape index (κ1) is 17.7. The highest BCUT2D eigenvalue weighted by Crippen LogP contribution is 2.25. The van der Waals surface area contributed by atoms with Gasteiger partial charge in [0, 0.05) is 13.2 Å². The van der Waals surface area contributed by atoms with E-state index >= 15 is 0 Å². The molecule has 0 bridgehead atoms. The van der Waals surface area contributed by atoms with Crippen molar-refractivity contribution in [3.05, 3.63) is 44.4 Å². The fourth-order valence-electron chi connectivity index (χ4n) is 1.87. The SMILES string of the molecule is COCCOCc1nc(C)sc1COc1ccc(C#N)c(Cl)c1. The Morgan fingerprint density at radius 3 is 2.83 bits per heavy atom. The van der Waals surface area contributed by atoms with Gasteiger partial charge in [-0.25, -0.2) is 4.98 Å². The van der Waals surface area contributed by atoms with Gasteiger partial charge in [-0.1, -0.05) is 11.6 Å². The highest BCUT2D eigenvalue weighted by molar-refractivity contribution is 7.11. The summed E-state index contributed by atoms with van der Waals surface area (Å²) in [4.78, 5) is 5.48. The van der Waals surface area contributed by atoms with Crippen LogP contribution >= 0.6 is 22.9 Å². The summed E-state index contributed by atoms with van der Waals surface area (Å²) in [7, 11) is 1.64. The fraction of sp³-hybridized carbons (Fsp3) is 0.375. The molecule has 1 heterocycles. The Morgan fingerprint density at radius 1 is 1.30 bits per heavy atom. The average Bonchev–Trinajstić information content (AvgIpc) is 2.89. The van der Waals surface area contributed by atoms with Gasteiger partial charge in [0.1, 0.15) is 18.4 Å². The van der Waals surface area contributed by atoms with Crippen molar-refractivity contribution in [3.63, 3.8) is 0 Å². The summed E-state index contributed by atoms with van der Waals surface area (Å²) >= 11 is 7.58. The lowest BCUT2D eigenvalue weighted by molar-refractivity contribution is 0.0597. The standard InChI is InChI=1S/C16H17ClN2O3S/c1-11-19-15(9-21-6-5-20-2)16(23-11)10-22-13-4-3-12(8-18)14(17)7-13/h3-4,7H,5-6,9-10H2,1-2H3. The summed E-state index contributed by atoms with van der Waals surface area (Å²) in [6, 6.07) is 7.03. The summed E-state index contributed by atoms with van der Waals surface area (Å²) in [5.41, 5.74) is 1.31. The summed E-state index contributed by atoms with van der Waals surface area (Å²) in [6.45, 7) is 3.85. The third kappa shape index (κ3) is 5.19. The van der Waals surface area contributed by atoms with Crippen LogP contribution in [0.2, 0.25) is 5.02 Å². The lowest BCUT2D eigenvalue weighted by Crippen LogP contribution is -2.04. The van der Waals surface area contributed by atoms with E-state index < -0.39 is 0 Å². The third-order valence-corrected chi connectivity index (χ3v) is 4.29. The van der Waals surface area contributed by atoms with E-state index in [9.17, 15) is 0 Å². The molecular formula is C16H17ClN2O3S. The van der Waals surface area contributed by atoms with Crippen molar-refractivity contribution in [1.29, 1.82) is 5.26 Å². The molecule has 122 valence electrons. The summed E-state index contributed by atoms with van der Waals surface area (Å²) < 4.78 is 16.2. The summed E-state index contributed by atoms with van der Waals surface area (Å²) in [6.07, 6.45) is 0. The molecule has 1 aromatic heterocycles. The van der Waals surface area contributed by atoms with Crippen molar-refractivity contribution in [3.8, 4) is 11.8 Å². The molecular weight excluding hydrogens is 336 g/mol. The van der Waals surface area contributed by atoms with E-state index in [-0.39, 0.29) is 0 Å². The van der Waals surface area contributed by atoms with E-state index in [1.165, 1.54) is 0 Å². The van der Waals surface area contributed by atoms with Crippen LogP contribution in [0.3, 0.4) is 0 Å². The molecule has 0 atom stereocenters. The topological polar surface area (TPSA) is 64.4 Å². The van der Waals surface area contributed by atoms with E-state index in [1.807, 2.05) is 13.0 Å². The van der Waals surface area contributed by atoms with Crippen LogP contribution in [-0.4, -0.2) is 25.3 Å². The molecule has 0 unspecified atom stereocenters. The third-order valence-electron chi connectivity index (χ3n) is 2.99. The predicted octanol–water partition coefficient (Wildman–Crippen LogP) is 3.72. The van der Waals surface area contributed by atoms with E-state index in [2.05, 4.69) is 4.98 Å². The molecule has 0 saturated carbocycles. The molecule has 0 aliphatic heterocycles. The normalized spacial score (nSPS) is 10.5.